The molecule has 1 aromatic heterocycles. The van der Waals surface area contributed by atoms with Crippen molar-refractivity contribution in [1.29, 1.82) is 0 Å². The lowest BCUT2D eigenvalue weighted by atomic mass is 10.2. The number of aryl methyl sites for hydroxylation is 2. The molecule has 0 radical (unpaired) electrons. The number of nitrogens with zero attached hydrogens (tertiary/aromatic N) is 2. The van der Waals surface area contributed by atoms with E-state index in [2.05, 4.69) is 5.16 Å². The molecule has 1 aromatic carbocycles. The Morgan fingerprint density at radius 2 is 1.90 bits per heavy atom. The summed E-state index contributed by atoms with van der Waals surface area (Å²) < 4.78 is 30.2. The second kappa shape index (κ2) is 4.69. The van der Waals surface area contributed by atoms with Crippen molar-refractivity contribution in [3.8, 4) is 0 Å². The Balaban J connectivity index is 2.55. The van der Waals surface area contributed by atoms with E-state index >= 15 is 0 Å². The van der Waals surface area contributed by atoms with E-state index in [9.17, 15) is 8.42 Å². The Kier molecular flexibility index (Phi) is 3.32. The number of hydrazine groups is 1. The standard InChI is InChI=1S/C11H15N5O3S/c1-6-3-4-9(8(12)5-6)16(14)20(17,18)10-7(2)19-15-11(10)13/h3-5H,12,14H2,1-2H3,(H2,13,15). The number of nitrogen functional groups attached to an aromatic ring is 2. The molecule has 6 N–H and O–H groups in total. The molecule has 0 aliphatic rings. The molecule has 9 heteroatoms. The Bertz CT molecular complexity index is 734. The molecule has 0 aliphatic carbocycles. The summed E-state index contributed by atoms with van der Waals surface area (Å²) in [6.45, 7) is 3.26. The monoisotopic (exact) mass is 297 g/mol. The molecule has 108 valence electrons. The summed E-state index contributed by atoms with van der Waals surface area (Å²) in [4.78, 5) is -0.264. The molecule has 20 heavy (non-hydrogen) atoms. The van der Waals surface area contributed by atoms with Crippen LogP contribution in [0, 0.1) is 13.8 Å². The highest BCUT2D eigenvalue weighted by molar-refractivity contribution is 7.93. The van der Waals surface area contributed by atoms with Gasteiger partial charge in [0.15, 0.2) is 16.5 Å². The lowest BCUT2D eigenvalue weighted by Gasteiger charge is -2.20. The van der Waals surface area contributed by atoms with Crippen LogP contribution >= 0.6 is 0 Å². The van der Waals surface area contributed by atoms with Crippen LogP contribution in [0.3, 0.4) is 0 Å². The van der Waals surface area contributed by atoms with E-state index in [0.717, 1.165) is 5.56 Å². The van der Waals surface area contributed by atoms with Crippen molar-refractivity contribution in [2.75, 3.05) is 15.9 Å². The fourth-order valence-electron chi connectivity index (χ4n) is 1.80. The van der Waals surface area contributed by atoms with Gasteiger partial charge in [0.1, 0.15) is 0 Å². The maximum atomic E-state index is 12.4. The van der Waals surface area contributed by atoms with Gasteiger partial charge >= 0.3 is 0 Å². The van der Waals surface area contributed by atoms with Gasteiger partial charge in [-0.1, -0.05) is 11.2 Å². The number of hydrogen-bond acceptors (Lipinski definition) is 7. The van der Waals surface area contributed by atoms with Crippen molar-refractivity contribution in [1.82, 2.24) is 5.16 Å². The third-order valence-electron chi connectivity index (χ3n) is 2.77. The third kappa shape index (κ3) is 2.17. The molecule has 0 unspecified atom stereocenters. The van der Waals surface area contributed by atoms with Gasteiger partial charge in [-0.25, -0.2) is 5.84 Å². The highest BCUT2D eigenvalue weighted by Crippen LogP contribution is 2.30. The topological polar surface area (TPSA) is 141 Å². The predicted octanol–water partition coefficient (Wildman–Crippen LogP) is 0.525. The van der Waals surface area contributed by atoms with Gasteiger partial charge in [0.05, 0.1) is 11.4 Å². The maximum absolute atomic E-state index is 12.4. The van der Waals surface area contributed by atoms with Crippen LogP contribution in [0.5, 0.6) is 0 Å². The Morgan fingerprint density at radius 3 is 2.40 bits per heavy atom. The van der Waals surface area contributed by atoms with Crippen LogP contribution in [0.2, 0.25) is 0 Å². The summed E-state index contributed by atoms with van der Waals surface area (Å²) in [5.74, 6) is 5.51. The molecule has 0 spiro atoms. The number of rotatable bonds is 3. The van der Waals surface area contributed by atoms with Gasteiger partial charge < -0.3 is 16.0 Å². The minimum atomic E-state index is -4.10. The van der Waals surface area contributed by atoms with E-state index in [1.165, 1.54) is 13.0 Å². The smallest absolute Gasteiger partial charge is 0.284 e. The highest BCUT2D eigenvalue weighted by Gasteiger charge is 2.31. The van der Waals surface area contributed by atoms with Crippen LogP contribution in [-0.4, -0.2) is 13.6 Å². The molecule has 0 atom stereocenters. The molecule has 0 aliphatic heterocycles. The van der Waals surface area contributed by atoms with Crippen molar-refractivity contribution in [3.05, 3.63) is 29.5 Å². The van der Waals surface area contributed by atoms with E-state index in [1.54, 1.807) is 12.1 Å². The lowest BCUT2D eigenvalue weighted by Crippen LogP contribution is -2.38. The Labute approximate surface area is 116 Å². The number of nitrogens with two attached hydrogens (primary N) is 3. The van der Waals surface area contributed by atoms with E-state index in [-0.39, 0.29) is 27.8 Å². The second-order valence-corrected chi connectivity index (χ2v) is 6.07. The van der Waals surface area contributed by atoms with E-state index in [4.69, 9.17) is 21.8 Å². The molecular formula is C11H15N5O3S. The molecule has 0 saturated heterocycles. The van der Waals surface area contributed by atoms with Gasteiger partial charge in [-0.2, -0.15) is 12.8 Å². The minimum Gasteiger partial charge on any atom is -0.397 e. The average Bonchev–Trinajstić information content (AvgIpc) is 2.68. The zero-order valence-corrected chi connectivity index (χ0v) is 11.8. The third-order valence-corrected chi connectivity index (χ3v) is 4.50. The van der Waals surface area contributed by atoms with E-state index in [1.807, 2.05) is 6.92 Å². The largest absolute Gasteiger partial charge is 0.397 e. The molecule has 1 heterocycles. The summed E-state index contributed by atoms with van der Waals surface area (Å²) in [6, 6.07) is 4.83. The van der Waals surface area contributed by atoms with E-state index < -0.39 is 10.0 Å². The van der Waals surface area contributed by atoms with Gasteiger partial charge in [0.2, 0.25) is 0 Å². The van der Waals surface area contributed by atoms with Gasteiger partial charge in [0, 0.05) is 0 Å². The SMILES string of the molecule is Cc1ccc(N(N)S(=O)(=O)c2c(N)noc2C)c(N)c1. The molecule has 0 bridgehead atoms. The first kappa shape index (κ1) is 14.2. The summed E-state index contributed by atoms with van der Waals surface area (Å²) >= 11 is 0. The number of aromatic nitrogens is 1. The van der Waals surface area contributed by atoms with Crippen molar-refractivity contribution >= 4 is 27.2 Å². The van der Waals surface area contributed by atoms with Gasteiger partial charge in [0.25, 0.3) is 10.0 Å². The summed E-state index contributed by atoms with van der Waals surface area (Å²) in [7, 11) is -4.10. The maximum Gasteiger partial charge on any atom is 0.284 e. The number of sulfonamides is 1. The van der Waals surface area contributed by atoms with Crippen LogP contribution < -0.4 is 21.7 Å². The van der Waals surface area contributed by atoms with Gasteiger partial charge in [-0.15, -0.1) is 0 Å². The van der Waals surface area contributed by atoms with Crippen LogP contribution in [-0.2, 0) is 10.0 Å². The molecule has 8 nitrogen and oxygen atoms in total. The predicted molar refractivity (Wildman–Crippen MR) is 75.1 cm³/mol. The Morgan fingerprint density at radius 1 is 1.25 bits per heavy atom. The first-order valence-electron chi connectivity index (χ1n) is 5.63. The fourth-order valence-corrected chi connectivity index (χ4v) is 3.12. The quantitative estimate of drug-likeness (QED) is 0.426. The molecule has 0 saturated carbocycles. The molecular weight excluding hydrogens is 282 g/mol. The van der Waals surface area contributed by atoms with Crippen LogP contribution in [0.25, 0.3) is 0 Å². The summed E-state index contributed by atoms with van der Waals surface area (Å²) in [6.07, 6.45) is 0. The van der Waals surface area contributed by atoms with Crippen LogP contribution in [0.4, 0.5) is 17.2 Å². The Hall–Kier alpha value is -2.26. The number of anilines is 3. The number of benzene rings is 1. The molecule has 2 aromatic rings. The van der Waals surface area contributed by atoms with Crippen LogP contribution in [0.15, 0.2) is 27.6 Å². The zero-order valence-electron chi connectivity index (χ0n) is 11.0. The summed E-state index contributed by atoms with van der Waals surface area (Å²) in [5, 5.41) is 3.41. The molecule has 2 rings (SSSR count). The number of hydrogen-bond donors (Lipinski definition) is 3. The lowest BCUT2D eigenvalue weighted by molar-refractivity contribution is 0.396. The zero-order chi connectivity index (χ0) is 15.1. The minimum absolute atomic E-state index is 0.0589. The molecule has 0 amide bonds. The van der Waals surface area contributed by atoms with Crippen molar-refractivity contribution in [2.45, 2.75) is 18.7 Å². The van der Waals surface area contributed by atoms with Crippen molar-refractivity contribution in [3.63, 3.8) is 0 Å². The summed E-state index contributed by atoms with van der Waals surface area (Å²) in [5.41, 5.74) is 12.6. The first-order valence-corrected chi connectivity index (χ1v) is 7.07. The van der Waals surface area contributed by atoms with Crippen LogP contribution in [0.1, 0.15) is 11.3 Å². The van der Waals surface area contributed by atoms with Gasteiger partial charge in [-0.3, -0.25) is 0 Å². The van der Waals surface area contributed by atoms with Gasteiger partial charge in [-0.05, 0) is 31.5 Å². The highest BCUT2D eigenvalue weighted by atomic mass is 32.2. The fraction of sp³-hybridized carbons (Fsp3) is 0.182. The van der Waals surface area contributed by atoms with E-state index in [0.29, 0.717) is 4.41 Å². The normalized spacial score (nSPS) is 11.6. The first-order chi connectivity index (χ1) is 9.25. The molecule has 0 fully saturated rings. The second-order valence-electron chi connectivity index (χ2n) is 4.32. The average molecular weight is 297 g/mol. The van der Waals surface area contributed by atoms with Crippen molar-refractivity contribution in [2.24, 2.45) is 5.84 Å². The van der Waals surface area contributed by atoms with Crippen molar-refractivity contribution < 1.29 is 12.9 Å².